The van der Waals surface area contributed by atoms with Crippen LogP contribution in [-0.4, -0.2) is 36.9 Å². The molecule has 1 fully saturated rings. The van der Waals surface area contributed by atoms with E-state index in [-0.39, 0.29) is 23.1 Å². The Kier molecular flexibility index (Phi) is 7.74. The number of nitrogens with zero attached hydrogens (tertiary/aromatic N) is 5. The normalized spacial score (nSPS) is 19.5. The maximum absolute atomic E-state index is 13.4. The Hall–Kier alpha value is -2.16. The Morgan fingerprint density at radius 1 is 1.11 bits per heavy atom. The van der Waals surface area contributed by atoms with Crippen LogP contribution in [0.25, 0.3) is 5.69 Å². The third-order valence-electron chi connectivity index (χ3n) is 6.09. The highest BCUT2D eigenvalue weighted by molar-refractivity contribution is 7.98. The second kappa shape index (κ2) is 10.4. The largest absolute Gasteiger partial charge is 0.348 e. The van der Waals surface area contributed by atoms with E-state index < -0.39 is 0 Å². The third-order valence-corrected chi connectivity index (χ3v) is 7.39. The average Bonchev–Trinajstić information content (AvgIpc) is 3.13. The van der Waals surface area contributed by atoms with E-state index in [9.17, 15) is 4.79 Å². The van der Waals surface area contributed by atoms with E-state index in [2.05, 4.69) is 46.4 Å². The molecule has 1 N–H and O–H groups in total. The zero-order chi connectivity index (χ0) is 25.3. The van der Waals surface area contributed by atoms with Crippen LogP contribution in [0, 0.1) is 25.2 Å². The molecule has 0 saturated heterocycles. The van der Waals surface area contributed by atoms with E-state index in [1.54, 1.807) is 22.9 Å². The van der Waals surface area contributed by atoms with Crippen LogP contribution >= 0.6 is 35.0 Å². The minimum Gasteiger partial charge on any atom is -0.348 e. The van der Waals surface area contributed by atoms with Gasteiger partial charge in [0.25, 0.3) is 5.91 Å². The van der Waals surface area contributed by atoms with E-state index in [0.29, 0.717) is 38.3 Å². The molecule has 2 heterocycles. The molecule has 0 bridgehead atoms. The van der Waals surface area contributed by atoms with Crippen molar-refractivity contribution in [2.45, 2.75) is 70.8 Å². The first kappa shape index (κ1) is 25.9. The molecule has 1 amide bonds. The van der Waals surface area contributed by atoms with E-state index in [1.807, 2.05) is 19.9 Å². The van der Waals surface area contributed by atoms with Crippen molar-refractivity contribution < 1.29 is 4.79 Å². The molecule has 1 saturated carbocycles. The topological polar surface area (TPSA) is 85.6 Å². The number of nitrogens with one attached hydrogen (secondary N) is 1. The number of aromatic nitrogens is 5. The summed E-state index contributed by atoms with van der Waals surface area (Å²) in [6, 6.07) is 7.17. The van der Waals surface area contributed by atoms with Gasteiger partial charge in [-0.1, -0.05) is 60.9 Å². The van der Waals surface area contributed by atoms with Gasteiger partial charge in [-0.25, -0.2) is 14.6 Å². The quantitative estimate of drug-likeness (QED) is 0.299. The molecule has 1 aliphatic rings. The van der Waals surface area contributed by atoms with Crippen molar-refractivity contribution in [2.24, 2.45) is 11.3 Å². The average molecular weight is 534 g/mol. The van der Waals surface area contributed by atoms with Crippen molar-refractivity contribution >= 4 is 40.9 Å². The molecule has 3 aromatic rings. The lowest BCUT2D eigenvalue weighted by Crippen LogP contribution is -2.43. The molecule has 0 radical (unpaired) electrons. The number of amides is 1. The maximum atomic E-state index is 13.4. The van der Waals surface area contributed by atoms with Gasteiger partial charge < -0.3 is 5.32 Å². The molecule has 2 unspecified atom stereocenters. The van der Waals surface area contributed by atoms with Gasteiger partial charge in [-0.3, -0.25) is 4.79 Å². The number of carbonyl (C=O) groups is 1. The first-order valence-corrected chi connectivity index (χ1v) is 13.4. The Balaban J connectivity index is 1.65. The van der Waals surface area contributed by atoms with Crippen LogP contribution in [0.2, 0.25) is 10.0 Å². The number of hydrogen-bond acceptors (Lipinski definition) is 6. The highest BCUT2D eigenvalue weighted by Crippen LogP contribution is 2.38. The summed E-state index contributed by atoms with van der Waals surface area (Å²) < 4.78 is 1.62. The molecule has 7 nitrogen and oxygen atoms in total. The molecular formula is C25H30Cl2N6OS. The Bertz CT molecular complexity index is 1200. The maximum Gasteiger partial charge on any atom is 0.274 e. The SMILES string of the molecule is Cc1cc(C)nc(SCc2c(C(=O)NC3CC(C)CC(C)(C)C3)nnn2-c2cc(Cl)cc(Cl)c2)n1. The van der Waals surface area contributed by atoms with Crippen molar-refractivity contribution in [3.05, 3.63) is 57.1 Å². The molecule has 35 heavy (non-hydrogen) atoms. The van der Waals surface area contributed by atoms with Gasteiger partial charge in [0, 0.05) is 33.2 Å². The van der Waals surface area contributed by atoms with Gasteiger partial charge in [-0.2, -0.15) is 0 Å². The van der Waals surface area contributed by atoms with Crippen molar-refractivity contribution in [3.8, 4) is 5.69 Å². The van der Waals surface area contributed by atoms with Crippen LogP contribution in [-0.2, 0) is 5.75 Å². The van der Waals surface area contributed by atoms with Gasteiger partial charge in [0.15, 0.2) is 10.9 Å². The Morgan fingerprint density at radius 2 is 1.77 bits per heavy atom. The van der Waals surface area contributed by atoms with Crippen LogP contribution < -0.4 is 5.32 Å². The lowest BCUT2D eigenvalue weighted by molar-refractivity contribution is 0.0868. The number of rotatable bonds is 6. The third kappa shape index (κ3) is 6.54. The predicted molar refractivity (Wildman–Crippen MR) is 140 cm³/mol. The monoisotopic (exact) mass is 532 g/mol. The number of thioether (sulfide) groups is 1. The summed E-state index contributed by atoms with van der Waals surface area (Å²) in [6.07, 6.45) is 3.04. The first-order valence-electron chi connectivity index (χ1n) is 11.7. The molecule has 186 valence electrons. The second-order valence-corrected chi connectivity index (χ2v) is 12.0. The predicted octanol–water partition coefficient (Wildman–Crippen LogP) is 6.22. The van der Waals surface area contributed by atoms with Crippen LogP contribution in [0.3, 0.4) is 0 Å². The number of benzene rings is 1. The molecule has 2 aromatic heterocycles. The fourth-order valence-corrected chi connectivity index (χ4v) is 6.53. The van der Waals surface area contributed by atoms with E-state index >= 15 is 0 Å². The van der Waals surface area contributed by atoms with Crippen molar-refractivity contribution in [2.75, 3.05) is 0 Å². The number of aryl methyl sites for hydroxylation is 2. The summed E-state index contributed by atoms with van der Waals surface area (Å²) >= 11 is 13.9. The van der Waals surface area contributed by atoms with Crippen LogP contribution in [0.1, 0.15) is 67.6 Å². The smallest absolute Gasteiger partial charge is 0.274 e. The molecule has 1 aliphatic carbocycles. The summed E-state index contributed by atoms with van der Waals surface area (Å²) in [4.78, 5) is 22.5. The Labute approximate surface area is 220 Å². The molecule has 1 aromatic carbocycles. The summed E-state index contributed by atoms with van der Waals surface area (Å²) in [6.45, 7) is 10.6. The van der Waals surface area contributed by atoms with Crippen LogP contribution in [0.4, 0.5) is 0 Å². The van der Waals surface area contributed by atoms with Crippen molar-refractivity contribution in [1.82, 2.24) is 30.3 Å². The summed E-state index contributed by atoms with van der Waals surface area (Å²) in [5.41, 5.74) is 3.52. The highest BCUT2D eigenvalue weighted by atomic mass is 35.5. The van der Waals surface area contributed by atoms with E-state index in [4.69, 9.17) is 23.2 Å². The zero-order valence-corrected chi connectivity index (χ0v) is 22.9. The van der Waals surface area contributed by atoms with Gasteiger partial charge in [-0.05, 0) is 68.7 Å². The second-order valence-electron chi connectivity index (χ2n) is 10.2. The molecule has 0 spiro atoms. The van der Waals surface area contributed by atoms with Crippen molar-refractivity contribution in [1.29, 1.82) is 0 Å². The van der Waals surface area contributed by atoms with E-state index in [0.717, 1.165) is 30.7 Å². The lowest BCUT2D eigenvalue weighted by Gasteiger charge is -2.39. The summed E-state index contributed by atoms with van der Waals surface area (Å²) in [7, 11) is 0. The van der Waals surface area contributed by atoms with Gasteiger partial charge >= 0.3 is 0 Å². The minimum atomic E-state index is -0.226. The fraction of sp³-hybridized carbons (Fsp3) is 0.480. The van der Waals surface area contributed by atoms with E-state index in [1.165, 1.54) is 11.8 Å². The minimum absolute atomic E-state index is 0.0928. The number of halogens is 2. The molecule has 4 rings (SSSR count). The molecule has 10 heteroatoms. The standard InChI is InChI=1S/C25H30Cl2N6OS/c1-14-6-19(12-25(4,5)11-14)30-23(34)22-21(13-35-24-28-15(2)7-16(3)29-24)33(32-31-22)20-9-17(26)8-18(27)10-20/h7-10,14,19H,6,11-13H2,1-5H3,(H,30,34). The van der Waals surface area contributed by atoms with Gasteiger partial charge in [0.1, 0.15) is 0 Å². The molecular weight excluding hydrogens is 503 g/mol. The number of hydrogen-bond donors (Lipinski definition) is 1. The highest BCUT2D eigenvalue weighted by Gasteiger charge is 2.34. The Morgan fingerprint density at radius 3 is 2.40 bits per heavy atom. The van der Waals surface area contributed by atoms with Crippen molar-refractivity contribution in [3.63, 3.8) is 0 Å². The van der Waals surface area contributed by atoms with Crippen LogP contribution in [0.15, 0.2) is 29.4 Å². The summed E-state index contributed by atoms with van der Waals surface area (Å²) in [5.74, 6) is 0.719. The van der Waals surface area contributed by atoms with Gasteiger partial charge in [-0.15, -0.1) is 5.10 Å². The fourth-order valence-electron chi connectivity index (χ4n) is 5.08. The lowest BCUT2D eigenvalue weighted by atomic mass is 9.70. The summed E-state index contributed by atoms with van der Waals surface area (Å²) in [5, 5.41) is 13.4. The molecule has 2 atom stereocenters. The molecule has 0 aliphatic heterocycles. The van der Waals surface area contributed by atoms with Gasteiger partial charge in [0.05, 0.1) is 11.4 Å². The number of carbonyl (C=O) groups excluding carboxylic acids is 1. The first-order chi connectivity index (χ1) is 16.5. The van der Waals surface area contributed by atoms with Gasteiger partial charge in [0.2, 0.25) is 0 Å². The zero-order valence-electron chi connectivity index (χ0n) is 20.6. The van der Waals surface area contributed by atoms with Crippen LogP contribution in [0.5, 0.6) is 0 Å².